The van der Waals surface area contributed by atoms with Crippen molar-refractivity contribution in [2.45, 2.75) is 25.9 Å². The van der Waals surface area contributed by atoms with Crippen LogP contribution in [0.25, 0.3) is 0 Å². The molecule has 1 aliphatic heterocycles. The quantitative estimate of drug-likeness (QED) is 0.684. The molecule has 0 unspecified atom stereocenters. The Bertz CT molecular complexity index is 779. The summed E-state index contributed by atoms with van der Waals surface area (Å²) >= 11 is 2.19. The van der Waals surface area contributed by atoms with Gasteiger partial charge >= 0.3 is 6.03 Å². The first kappa shape index (κ1) is 17.7. The van der Waals surface area contributed by atoms with Crippen LogP contribution < -0.4 is 10.6 Å². The number of para-hydroxylation sites is 1. The molecule has 3 amide bonds. The van der Waals surface area contributed by atoms with Gasteiger partial charge in [-0.3, -0.25) is 4.79 Å². The number of urea groups is 1. The first-order chi connectivity index (χ1) is 12.1. The molecule has 1 heterocycles. The number of hydrogen-bond donors (Lipinski definition) is 2. The van der Waals surface area contributed by atoms with E-state index in [4.69, 9.17) is 0 Å². The van der Waals surface area contributed by atoms with Crippen LogP contribution in [0, 0.1) is 3.57 Å². The Morgan fingerprint density at radius 1 is 1.12 bits per heavy atom. The molecule has 1 saturated heterocycles. The van der Waals surface area contributed by atoms with Crippen LogP contribution in [0.15, 0.2) is 48.5 Å². The summed E-state index contributed by atoms with van der Waals surface area (Å²) in [4.78, 5) is 25.7. The van der Waals surface area contributed by atoms with Gasteiger partial charge < -0.3 is 15.5 Å². The highest BCUT2D eigenvalue weighted by Gasteiger charge is 2.19. The molecular weight excluding hydrogens is 429 g/mol. The Kier molecular flexibility index (Phi) is 5.91. The summed E-state index contributed by atoms with van der Waals surface area (Å²) in [6, 6.07) is 15.4. The summed E-state index contributed by atoms with van der Waals surface area (Å²) in [5, 5.41) is 5.72. The Morgan fingerprint density at radius 3 is 2.68 bits per heavy atom. The minimum absolute atomic E-state index is 0.223. The zero-order valence-corrected chi connectivity index (χ0v) is 16.0. The lowest BCUT2D eigenvalue weighted by Gasteiger charge is -2.16. The lowest BCUT2D eigenvalue weighted by Crippen LogP contribution is -2.28. The average Bonchev–Trinajstić information content (AvgIpc) is 3.00. The second-order valence-electron chi connectivity index (χ2n) is 6.03. The SMILES string of the molecule is O=C(NCc1cccc(CN2CCCC2=O)c1)Nc1ccccc1I. The first-order valence-electron chi connectivity index (χ1n) is 8.27. The van der Waals surface area contributed by atoms with Crippen LogP contribution in [0.2, 0.25) is 0 Å². The number of carbonyl (C=O) groups is 2. The molecule has 0 aliphatic carbocycles. The molecule has 3 rings (SSSR count). The van der Waals surface area contributed by atoms with E-state index in [9.17, 15) is 9.59 Å². The molecule has 0 saturated carbocycles. The third-order valence-corrected chi connectivity index (χ3v) is 5.05. The number of anilines is 1. The predicted octanol–water partition coefficient (Wildman–Crippen LogP) is 3.74. The van der Waals surface area contributed by atoms with Crippen molar-refractivity contribution in [3.63, 3.8) is 0 Å². The van der Waals surface area contributed by atoms with Crippen molar-refractivity contribution in [2.75, 3.05) is 11.9 Å². The average molecular weight is 449 g/mol. The van der Waals surface area contributed by atoms with E-state index in [1.165, 1.54) is 0 Å². The first-order valence-corrected chi connectivity index (χ1v) is 9.34. The smallest absolute Gasteiger partial charge is 0.319 e. The molecule has 1 fully saturated rings. The van der Waals surface area contributed by atoms with Gasteiger partial charge in [-0.1, -0.05) is 36.4 Å². The number of nitrogens with one attached hydrogen (secondary N) is 2. The molecule has 25 heavy (non-hydrogen) atoms. The fourth-order valence-electron chi connectivity index (χ4n) is 2.84. The topological polar surface area (TPSA) is 61.4 Å². The maximum Gasteiger partial charge on any atom is 0.319 e. The molecule has 2 aromatic rings. The highest BCUT2D eigenvalue weighted by atomic mass is 127. The Hall–Kier alpha value is -2.09. The Labute approximate surface area is 160 Å². The number of hydrogen-bond acceptors (Lipinski definition) is 2. The maximum absolute atomic E-state index is 12.1. The van der Waals surface area contributed by atoms with Gasteiger partial charge in [-0.2, -0.15) is 0 Å². The van der Waals surface area contributed by atoms with E-state index in [2.05, 4.69) is 33.2 Å². The van der Waals surface area contributed by atoms with Crippen LogP contribution >= 0.6 is 22.6 Å². The number of halogens is 1. The molecular formula is C19H20IN3O2. The van der Waals surface area contributed by atoms with Crippen LogP contribution in [0.1, 0.15) is 24.0 Å². The van der Waals surface area contributed by atoms with Gasteiger partial charge in [-0.15, -0.1) is 0 Å². The lowest BCUT2D eigenvalue weighted by molar-refractivity contribution is -0.128. The van der Waals surface area contributed by atoms with Gasteiger partial charge in [-0.05, 0) is 52.3 Å². The number of carbonyl (C=O) groups excluding carboxylic acids is 2. The van der Waals surface area contributed by atoms with Crippen LogP contribution in [0.3, 0.4) is 0 Å². The van der Waals surface area contributed by atoms with Crippen LogP contribution in [-0.2, 0) is 17.9 Å². The number of amides is 3. The Morgan fingerprint density at radius 2 is 1.92 bits per heavy atom. The summed E-state index contributed by atoms with van der Waals surface area (Å²) in [5.41, 5.74) is 2.90. The van der Waals surface area contributed by atoms with Gasteiger partial charge in [0.25, 0.3) is 0 Å². The zero-order chi connectivity index (χ0) is 17.6. The second-order valence-corrected chi connectivity index (χ2v) is 7.19. The van der Waals surface area contributed by atoms with Crippen molar-refractivity contribution < 1.29 is 9.59 Å². The largest absolute Gasteiger partial charge is 0.338 e. The molecule has 2 aromatic carbocycles. The second kappa shape index (κ2) is 8.33. The van der Waals surface area contributed by atoms with Gasteiger partial charge in [0, 0.05) is 29.6 Å². The Balaban J connectivity index is 1.54. The molecule has 0 spiro atoms. The van der Waals surface area contributed by atoms with E-state index in [1.54, 1.807) is 0 Å². The monoisotopic (exact) mass is 449 g/mol. The molecule has 5 nitrogen and oxygen atoms in total. The molecule has 0 aromatic heterocycles. The minimum Gasteiger partial charge on any atom is -0.338 e. The van der Waals surface area contributed by atoms with E-state index >= 15 is 0 Å². The molecule has 1 aliphatic rings. The van der Waals surface area contributed by atoms with E-state index in [-0.39, 0.29) is 11.9 Å². The number of nitrogens with zero attached hydrogens (tertiary/aromatic N) is 1. The van der Waals surface area contributed by atoms with Crippen LogP contribution in [0.4, 0.5) is 10.5 Å². The molecule has 0 radical (unpaired) electrons. The van der Waals surface area contributed by atoms with Gasteiger partial charge in [0.15, 0.2) is 0 Å². The third kappa shape index (κ3) is 4.94. The van der Waals surface area contributed by atoms with Gasteiger partial charge in [0.1, 0.15) is 0 Å². The van der Waals surface area contributed by atoms with Gasteiger partial charge in [0.05, 0.1) is 5.69 Å². The van der Waals surface area contributed by atoms with E-state index in [0.717, 1.165) is 33.4 Å². The van der Waals surface area contributed by atoms with Crippen molar-refractivity contribution in [2.24, 2.45) is 0 Å². The summed E-state index contributed by atoms with van der Waals surface area (Å²) in [7, 11) is 0. The van der Waals surface area contributed by atoms with Crippen molar-refractivity contribution in [3.8, 4) is 0 Å². The fraction of sp³-hybridized carbons (Fsp3) is 0.263. The summed E-state index contributed by atoms with van der Waals surface area (Å²) in [5.74, 6) is 0.223. The molecule has 130 valence electrons. The van der Waals surface area contributed by atoms with Crippen molar-refractivity contribution >= 4 is 40.2 Å². The number of likely N-dealkylation sites (tertiary alicyclic amines) is 1. The summed E-state index contributed by atoms with van der Waals surface area (Å²) in [6.07, 6.45) is 1.60. The predicted molar refractivity (Wildman–Crippen MR) is 106 cm³/mol. The highest BCUT2D eigenvalue weighted by molar-refractivity contribution is 14.1. The van der Waals surface area contributed by atoms with Crippen molar-refractivity contribution in [1.29, 1.82) is 0 Å². The standard InChI is InChI=1S/C19H20IN3O2/c20-16-7-1-2-8-17(16)22-19(25)21-12-14-5-3-6-15(11-14)13-23-10-4-9-18(23)24/h1-3,5-8,11H,4,9-10,12-13H2,(H2,21,22,25). The molecule has 2 N–H and O–H groups in total. The maximum atomic E-state index is 12.1. The van der Waals surface area contributed by atoms with Gasteiger partial charge in [-0.25, -0.2) is 4.79 Å². The highest BCUT2D eigenvalue weighted by Crippen LogP contribution is 2.17. The van der Waals surface area contributed by atoms with E-state index < -0.39 is 0 Å². The van der Waals surface area contributed by atoms with Gasteiger partial charge in [0.2, 0.25) is 5.91 Å². The zero-order valence-electron chi connectivity index (χ0n) is 13.8. The van der Waals surface area contributed by atoms with Crippen LogP contribution in [0.5, 0.6) is 0 Å². The normalized spacial score (nSPS) is 13.8. The van der Waals surface area contributed by atoms with Crippen molar-refractivity contribution in [3.05, 3.63) is 63.2 Å². The number of rotatable bonds is 5. The lowest BCUT2D eigenvalue weighted by atomic mass is 10.1. The number of benzene rings is 2. The molecule has 0 bridgehead atoms. The third-order valence-electron chi connectivity index (χ3n) is 4.11. The summed E-state index contributed by atoms with van der Waals surface area (Å²) < 4.78 is 0.993. The molecule has 0 atom stereocenters. The minimum atomic E-state index is -0.232. The van der Waals surface area contributed by atoms with E-state index in [0.29, 0.717) is 19.5 Å². The molecule has 6 heteroatoms. The van der Waals surface area contributed by atoms with E-state index in [1.807, 2.05) is 53.4 Å². The fourth-order valence-corrected chi connectivity index (χ4v) is 3.36. The summed E-state index contributed by atoms with van der Waals surface area (Å²) in [6.45, 7) is 1.91. The van der Waals surface area contributed by atoms with Crippen molar-refractivity contribution in [1.82, 2.24) is 10.2 Å². The van der Waals surface area contributed by atoms with Crippen LogP contribution in [-0.4, -0.2) is 23.4 Å².